The minimum absolute atomic E-state index is 0.00343. The zero-order chi connectivity index (χ0) is 14.7. The van der Waals surface area contributed by atoms with Crippen LogP contribution in [-0.2, 0) is 6.54 Å². The first kappa shape index (κ1) is 14.6. The number of aliphatic hydroxyl groups excluding tert-OH is 1. The molecule has 1 N–H and O–H groups in total. The molecule has 4 heteroatoms. The van der Waals surface area contributed by atoms with Gasteiger partial charge in [0.15, 0.2) is 0 Å². The van der Waals surface area contributed by atoms with Gasteiger partial charge in [-0.2, -0.15) is 0 Å². The van der Waals surface area contributed by atoms with Gasteiger partial charge in [0.2, 0.25) is 0 Å². The molecule has 4 nitrogen and oxygen atoms in total. The summed E-state index contributed by atoms with van der Waals surface area (Å²) in [6.45, 7) is 5.10. The second kappa shape index (κ2) is 6.09. The van der Waals surface area contributed by atoms with Gasteiger partial charge >= 0.3 is 0 Å². The van der Waals surface area contributed by atoms with Gasteiger partial charge in [-0.3, -0.25) is 4.79 Å². The summed E-state index contributed by atoms with van der Waals surface area (Å²) in [4.78, 5) is 14.2. The van der Waals surface area contributed by atoms with Crippen molar-refractivity contribution in [2.75, 3.05) is 13.6 Å². The number of benzene rings is 1. The smallest absolute Gasteiger partial charge is 0.270 e. The monoisotopic (exact) mass is 274 g/mol. The van der Waals surface area contributed by atoms with E-state index in [9.17, 15) is 9.90 Å². The van der Waals surface area contributed by atoms with Crippen molar-refractivity contribution in [1.29, 1.82) is 0 Å². The first-order valence-corrected chi connectivity index (χ1v) is 7.06. The Morgan fingerprint density at radius 1 is 1.40 bits per heavy atom. The molecule has 1 unspecified atom stereocenters. The van der Waals surface area contributed by atoms with Crippen molar-refractivity contribution < 1.29 is 9.90 Å². The number of aliphatic hydroxyl groups is 1. The van der Waals surface area contributed by atoms with E-state index < -0.39 is 0 Å². The van der Waals surface area contributed by atoms with Gasteiger partial charge in [-0.15, -0.1) is 0 Å². The Bertz CT molecular complexity index is 602. The molecule has 1 heterocycles. The summed E-state index contributed by atoms with van der Waals surface area (Å²) in [5.74, 6) is 0.00343. The minimum Gasteiger partial charge on any atom is -0.393 e. The molecule has 0 fully saturated rings. The molecule has 1 aromatic carbocycles. The molecule has 0 aliphatic heterocycles. The Morgan fingerprint density at radius 2 is 2.10 bits per heavy atom. The number of hydrogen-bond donors (Lipinski definition) is 1. The van der Waals surface area contributed by atoms with Crippen LogP contribution in [0.4, 0.5) is 0 Å². The lowest BCUT2D eigenvalue weighted by Crippen LogP contribution is -2.31. The maximum Gasteiger partial charge on any atom is 0.270 e. The van der Waals surface area contributed by atoms with Crippen molar-refractivity contribution >= 4 is 16.8 Å². The number of carbonyl (C=O) groups excluding carboxylic acids is 1. The van der Waals surface area contributed by atoms with E-state index in [4.69, 9.17) is 0 Å². The van der Waals surface area contributed by atoms with Crippen molar-refractivity contribution in [3.63, 3.8) is 0 Å². The third-order valence-corrected chi connectivity index (χ3v) is 3.57. The molecule has 1 aromatic heterocycles. The number of amides is 1. The Labute approximate surface area is 119 Å². The third-order valence-electron chi connectivity index (χ3n) is 3.57. The minimum atomic E-state index is -0.387. The van der Waals surface area contributed by atoms with Gasteiger partial charge in [0.05, 0.1) is 6.10 Å². The number of hydrogen-bond acceptors (Lipinski definition) is 2. The van der Waals surface area contributed by atoms with Crippen LogP contribution in [0.15, 0.2) is 30.3 Å². The Morgan fingerprint density at radius 3 is 2.75 bits per heavy atom. The van der Waals surface area contributed by atoms with E-state index in [0.29, 0.717) is 18.7 Å². The molecule has 0 aliphatic carbocycles. The first-order chi connectivity index (χ1) is 9.54. The molecule has 0 radical (unpaired) electrons. The van der Waals surface area contributed by atoms with E-state index in [1.165, 1.54) is 0 Å². The van der Waals surface area contributed by atoms with Crippen LogP contribution in [0.3, 0.4) is 0 Å². The number of para-hydroxylation sites is 1. The lowest BCUT2D eigenvalue weighted by Gasteiger charge is -2.19. The third kappa shape index (κ3) is 2.85. The molecule has 0 bridgehead atoms. The lowest BCUT2D eigenvalue weighted by atomic mass is 10.2. The van der Waals surface area contributed by atoms with E-state index in [0.717, 1.165) is 17.4 Å². The van der Waals surface area contributed by atoms with E-state index in [1.807, 2.05) is 41.8 Å². The van der Waals surface area contributed by atoms with E-state index in [1.54, 1.807) is 18.9 Å². The second-order valence-corrected chi connectivity index (χ2v) is 5.20. The summed E-state index contributed by atoms with van der Waals surface area (Å²) in [5.41, 5.74) is 1.80. The molecule has 0 saturated heterocycles. The zero-order valence-corrected chi connectivity index (χ0v) is 12.3. The first-order valence-electron chi connectivity index (χ1n) is 7.06. The Balaban J connectivity index is 2.29. The molecule has 20 heavy (non-hydrogen) atoms. The number of nitrogens with zero attached hydrogens (tertiary/aromatic N) is 2. The van der Waals surface area contributed by atoms with Gasteiger partial charge in [-0.1, -0.05) is 18.2 Å². The summed E-state index contributed by atoms with van der Waals surface area (Å²) < 4.78 is 2.04. The second-order valence-electron chi connectivity index (χ2n) is 5.20. The van der Waals surface area contributed by atoms with Crippen LogP contribution in [0.1, 0.15) is 30.8 Å². The largest absolute Gasteiger partial charge is 0.393 e. The van der Waals surface area contributed by atoms with E-state index in [-0.39, 0.29) is 12.0 Å². The standard InChI is InChI=1S/C16H22N2O2/c1-4-18-14-8-6-5-7-13(14)11-15(18)16(20)17(3)10-9-12(2)19/h5-8,11-12,19H,4,9-10H2,1-3H3. The van der Waals surface area contributed by atoms with Crippen molar-refractivity contribution in [2.24, 2.45) is 0 Å². The van der Waals surface area contributed by atoms with Gasteiger partial charge in [0, 0.05) is 31.0 Å². The van der Waals surface area contributed by atoms with Crippen LogP contribution in [0.2, 0.25) is 0 Å². The Hall–Kier alpha value is -1.81. The molecule has 2 aromatic rings. The number of aromatic nitrogens is 1. The van der Waals surface area contributed by atoms with Crippen molar-refractivity contribution in [1.82, 2.24) is 9.47 Å². The van der Waals surface area contributed by atoms with Gasteiger partial charge in [-0.05, 0) is 32.4 Å². The highest BCUT2D eigenvalue weighted by Gasteiger charge is 2.18. The van der Waals surface area contributed by atoms with Crippen LogP contribution in [-0.4, -0.2) is 40.2 Å². The van der Waals surface area contributed by atoms with Gasteiger partial charge in [0.1, 0.15) is 5.69 Å². The SMILES string of the molecule is CCn1c(C(=O)N(C)CCC(C)O)cc2ccccc21. The topological polar surface area (TPSA) is 45.5 Å². The maximum absolute atomic E-state index is 12.5. The highest BCUT2D eigenvalue weighted by atomic mass is 16.3. The number of rotatable bonds is 5. The molecule has 1 atom stereocenters. The quantitative estimate of drug-likeness (QED) is 0.910. The molecule has 1 amide bonds. The van der Waals surface area contributed by atoms with Gasteiger partial charge < -0.3 is 14.6 Å². The highest BCUT2D eigenvalue weighted by molar-refractivity contribution is 5.98. The van der Waals surface area contributed by atoms with Crippen molar-refractivity contribution in [3.05, 3.63) is 36.0 Å². The van der Waals surface area contributed by atoms with Gasteiger partial charge in [0.25, 0.3) is 5.91 Å². The van der Waals surface area contributed by atoms with Crippen molar-refractivity contribution in [3.8, 4) is 0 Å². The average Bonchev–Trinajstić information content (AvgIpc) is 2.82. The number of carbonyl (C=O) groups is 1. The number of aryl methyl sites for hydroxylation is 1. The lowest BCUT2D eigenvalue weighted by molar-refractivity contribution is 0.0759. The van der Waals surface area contributed by atoms with E-state index >= 15 is 0 Å². The van der Waals surface area contributed by atoms with Gasteiger partial charge in [-0.25, -0.2) is 0 Å². The summed E-state index contributed by atoms with van der Waals surface area (Å²) in [6, 6.07) is 9.97. The fourth-order valence-corrected chi connectivity index (χ4v) is 2.41. The van der Waals surface area contributed by atoms with Crippen LogP contribution < -0.4 is 0 Å². The molecule has 2 rings (SSSR count). The fraction of sp³-hybridized carbons (Fsp3) is 0.438. The molecule has 0 saturated carbocycles. The molecular weight excluding hydrogens is 252 g/mol. The van der Waals surface area contributed by atoms with Crippen LogP contribution in [0.5, 0.6) is 0 Å². The van der Waals surface area contributed by atoms with E-state index in [2.05, 4.69) is 0 Å². The van der Waals surface area contributed by atoms with Crippen molar-refractivity contribution in [2.45, 2.75) is 32.9 Å². The Kier molecular flexibility index (Phi) is 4.45. The molecule has 108 valence electrons. The van der Waals surface area contributed by atoms with Crippen LogP contribution in [0.25, 0.3) is 10.9 Å². The fourth-order valence-electron chi connectivity index (χ4n) is 2.41. The summed E-state index contributed by atoms with van der Waals surface area (Å²) in [5, 5.41) is 10.4. The number of fused-ring (bicyclic) bond motifs is 1. The summed E-state index contributed by atoms with van der Waals surface area (Å²) in [7, 11) is 1.78. The predicted molar refractivity (Wildman–Crippen MR) is 80.9 cm³/mol. The summed E-state index contributed by atoms with van der Waals surface area (Å²) >= 11 is 0. The molecule has 0 spiro atoms. The van der Waals surface area contributed by atoms with Crippen LogP contribution in [0, 0.1) is 0 Å². The molecular formula is C16H22N2O2. The predicted octanol–water partition coefficient (Wildman–Crippen LogP) is 2.50. The molecule has 0 aliphatic rings. The zero-order valence-electron chi connectivity index (χ0n) is 12.3. The van der Waals surface area contributed by atoms with Crippen LogP contribution >= 0.6 is 0 Å². The summed E-state index contributed by atoms with van der Waals surface area (Å²) in [6.07, 6.45) is 0.205. The maximum atomic E-state index is 12.5. The average molecular weight is 274 g/mol. The normalized spacial score (nSPS) is 12.6. The highest BCUT2D eigenvalue weighted by Crippen LogP contribution is 2.20.